The highest BCUT2D eigenvalue weighted by Crippen LogP contribution is 2.38. The Hall–Kier alpha value is -1.42. The average molecular weight is 482 g/mol. The fourth-order valence-corrected chi connectivity index (χ4v) is 5.33. The Morgan fingerprint density at radius 1 is 0.559 bits per heavy atom. The van der Waals surface area contributed by atoms with Crippen molar-refractivity contribution in [1.82, 2.24) is 34.3 Å². The molecule has 9 nitrogen and oxygen atoms in total. The monoisotopic (exact) mass is 481 g/mol. The van der Waals surface area contributed by atoms with Crippen molar-refractivity contribution in [2.24, 2.45) is 5.92 Å². The summed E-state index contributed by atoms with van der Waals surface area (Å²) in [6, 6.07) is -0.0669. The van der Waals surface area contributed by atoms with Crippen LogP contribution in [0.25, 0.3) is 0 Å². The highest BCUT2D eigenvalue weighted by atomic mass is 16.2. The molecule has 2 aliphatic heterocycles. The van der Waals surface area contributed by atoms with Crippen LogP contribution in [-0.2, 0) is 4.79 Å². The molecule has 2 fully saturated rings. The predicted molar refractivity (Wildman–Crippen MR) is 138 cm³/mol. The first-order valence-corrected chi connectivity index (χ1v) is 13.6. The topological polar surface area (TPSA) is 56.8 Å². The molecule has 198 valence electrons. The van der Waals surface area contributed by atoms with Gasteiger partial charge in [0, 0.05) is 6.54 Å². The Morgan fingerprint density at radius 3 is 1.35 bits per heavy atom. The molecule has 0 unspecified atom stereocenters. The largest absolute Gasteiger partial charge is 0.324 e. The van der Waals surface area contributed by atoms with Crippen LogP contribution in [-0.4, -0.2) is 137 Å². The Morgan fingerprint density at radius 2 is 0.941 bits per heavy atom. The molecule has 2 rings (SSSR count). The molecule has 0 aromatic heterocycles. The lowest BCUT2D eigenvalue weighted by Crippen LogP contribution is -2.53. The second-order valence-electron chi connectivity index (χ2n) is 9.36. The third-order valence-electron chi connectivity index (χ3n) is 7.90. The normalized spacial score (nSPS) is 23.1. The number of hydrogen-bond acceptors (Lipinski definition) is 6. The number of carbonyl (C=O) groups is 2. The van der Waals surface area contributed by atoms with Gasteiger partial charge in [-0.05, 0) is 52.4 Å². The van der Waals surface area contributed by atoms with Crippen LogP contribution >= 0.6 is 0 Å². The minimum atomic E-state index is -0.225. The van der Waals surface area contributed by atoms with Crippen molar-refractivity contribution in [2.45, 2.75) is 67.6 Å². The van der Waals surface area contributed by atoms with Crippen molar-refractivity contribution in [1.29, 1.82) is 0 Å². The average Bonchev–Trinajstić information content (AvgIpc) is 3.27. The molecule has 0 radical (unpaired) electrons. The van der Waals surface area contributed by atoms with Crippen molar-refractivity contribution in [3.63, 3.8) is 0 Å². The van der Waals surface area contributed by atoms with E-state index in [0.717, 1.165) is 52.4 Å². The van der Waals surface area contributed by atoms with Gasteiger partial charge in [-0.25, -0.2) is 4.79 Å². The minimum absolute atomic E-state index is 0.0652. The zero-order valence-electron chi connectivity index (χ0n) is 23.2. The minimum Gasteiger partial charge on any atom is -0.306 e. The molecule has 0 aromatic carbocycles. The van der Waals surface area contributed by atoms with Crippen LogP contribution in [0.1, 0.15) is 55.4 Å². The van der Waals surface area contributed by atoms with Gasteiger partial charge in [-0.1, -0.05) is 55.4 Å². The number of fused-ring (bicyclic) bond motifs is 1. The molecule has 2 saturated heterocycles. The Balaban J connectivity index is 2.52. The summed E-state index contributed by atoms with van der Waals surface area (Å²) < 4.78 is 0. The molecule has 2 heterocycles. The number of rotatable bonds is 16. The maximum absolute atomic E-state index is 14.0. The Kier molecular flexibility index (Phi) is 11.5. The quantitative estimate of drug-likeness (QED) is 0.337. The van der Waals surface area contributed by atoms with E-state index in [9.17, 15) is 9.59 Å². The maximum atomic E-state index is 14.0. The molecule has 0 aliphatic carbocycles. The first-order chi connectivity index (χ1) is 16.3. The van der Waals surface area contributed by atoms with Crippen molar-refractivity contribution >= 4 is 11.9 Å². The molecule has 9 heteroatoms. The fraction of sp³-hybridized carbons (Fsp3) is 0.920. The fourth-order valence-electron chi connectivity index (χ4n) is 5.33. The van der Waals surface area contributed by atoms with E-state index in [1.54, 1.807) is 0 Å². The van der Waals surface area contributed by atoms with E-state index in [1.165, 1.54) is 0 Å². The van der Waals surface area contributed by atoms with Crippen LogP contribution in [0.15, 0.2) is 0 Å². The van der Waals surface area contributed by atoms with Gasteiger partial charge in [0.2, 0.25) is 5.91 Å². The summed E-state index contributed by atoms with van der Waals surface area (Å²) in [5.41, 5.74) is 0. The first-order valence-electron chi connectivity index (χ1n) is 13.6. The van der Waals surface area contributed by atoms with E-state index >= 15 is 0 Å². The highest BCUT2D eigenvalue weighted by molar-refractivity contribution is 5.88. The van der Waals surface area contributed by atoms with Gasteiger partial charge in [-0.15, -0.1) is 0 Å². The van der Waals surface area contributed by atoms with Gasteiger partial charge in [-0.3, -0.25) is 24.4 Å². The van der Waals surface area contributed by atoms with E-state index in [-0.39, 0.29) is 30.1 Å². The SMILES string of the molecule is CCN(CC)C[C@@H]1C(=O)N(CN(CC)CC)[C@H]2[C@@H]1N(CN(CC)CC)C(=O)N2CN(CC)CC. The molecule has 0 saturated carbocycles. The number of likely N-dealkylation sites (tertiary alicyclic amines) is 1. The summed E-state index contributed by atoms with van der Waals surface area (Å²) >= 11 is 0. The summed E-state index contributed by atoms with van der Waals surface area (Å²) in [4.78, 5) is 43.1. The third-order valence-corrected chi connectivity index (χ3v) is 7.90. The van der Waals surface area contributed by atoms with Crippen LogP contribution in [0.5, 0.6) is 0 Å². The lowest BCUT2D eigenvalue weighted by Gasteiger charge is -2.36. The van der Waals surface area contributed by atoms with Crippen molar-refractivity contribution in [3.05, 3.63) is 0 Å². The molecule has 0 N–H and O–H groups in total. The molecule has 0 spiro atoms. The first kappa shape index (κ1) is 28.8. The highest BCUT2D eigenvalue weighted by Gasteiger charge is 2.60. The summed E-state index contributed by atoms with van der Waals surface area (Å²) in [6.07, 6.45) is -0.225. The molecule has 3 amide bonds. The summed E-state index contributed by atoms with van der Waals surface area (Å²) in [6.45, 7) is 26.6. The van der Waals surface area contributed by atoms with E-state index < -0.39 is 0 Å². The lowest BCUT2D eigenvalue weighted by atomic mass is 10.00. The lowest BCUT2D eigenvalue weighted by molar-refractivity contribution is -0.136. The molecular weight excluding hydrogens is 430 g/mol. The zero-order chi connectivity index (χ0) is 25.4. The van der Waals surface area contributed by atoms with Crippen molar-refractivity contribution < 1.29 is 9.59 Å². The van der Waals surface area contributed by atoms with Crippen molar-refractivity contribution in [3.8, 4) is 0 Å². The van der Waals surface area contributed by atoms with Gasteiger partial charge < -0.3 is 14.7 Å². The third kappa shape index (κ3) is 6.04. The molecule has 2 aliphatic rings. The van der Waals surface area contributed by atoms with Gasteiger partial charge in [0.15, 0.2) is 0 Å². The standard InChI is InChI=1S/C25H51N7O2/c1-9-26(10-2)17-21-22-23(31(24(21)33)19-28(13-5)14-6)32(20-29(15-7)16-8)25(34)30(22)18-27(11-3)12-4/h21-23H,9-20H2,1-8H3/t21-,22+,23+/m0/s1. The van der Waals surface area contributed by atoms with Crippen LogP contribution < -0.4 is 0 Å². The van der Waals surface area contributed by atoms with E-state index in [4.69, 9.17) is 0 Å². The number of amides is 3. The van der Waals surface area contributed by atoms with E-state index in [0.29, 0.717) is 26.6 Å². The van der Waals surface area contributed by atoms with Crippen LogP contribution in [0.4, 0.5) is 4.79 Å². The summed E-state index contributed by atoms with van der Waals surface area (Å²) in [5.74, 6) is -0.0166. The second-order valence-corrected chi connectivity index (χ2v) is 9.36. The van der Waals surface area contributed by atoms with Gasteiger partial charge >= 0.3 is 6.03 Å². The molecule has 0 aromatic rings. The summed E-state index contributed by atoms with van der Waals surface area (Å²) in [5, 5.41) is 0. The number of urea groups is 1. The molecule has 3 atom stereocenters. The van der Waals surface area contributed by atoms with Gasteiger partial charge in [0.25, 0.3) is 0 Å². The van der Waals surface area contributed by atoms with Crippen molar-refractivity contribution in [2.75, 3.05) is 78.9 Å². The smallest absolute Gasteiger partial charge is 0.306 e. The maximum Gasteiger partial charge on any atom is 0.324 e. The van der Waals surface area contributed by atoms with Gasteiger partial charge in [0.05, 0.1) is 32.0 Å². The summed E-state index contributed by atoms with van der Waals surface area (Å²) in [7, 11) is 0. The van der Waals surface area contributed by atoms with Crippen LogP contribution in [0.3, 0.4) is 0 Å². The Labute approximate surface area is 208 Å². The molecule has 34 heavy (non-hydrogen) atoms. The van der Waals surface area contributed by atoms with Gasteiger partial charge in [0.1, 0.15) is 6.17 Å². The number of carbonyl (C=O) groups excluding carboxylic acids is 2. The molecular formula is C25H51N7O2. The number of hydrogen-bond donors (Lipinski definition) is 0. The molecule has 0 bridgehead atoms. The predicted octanol–water partition coefficient (Wildman–Crippen LogP) is 2.12. The van der Waals surface area contributed by atoms with Gasteiger partial charge in [-0.2, -0.15) is 0 Å². The van der Waals surface area contributed by atoms with E-state index in [1.807, 2.05) is 14.7 Å². The van der Waals surface area contributed by atoms with Crippen LogP contribution in [0, 0.1) is 5.92 Å². The Bertz CT molecular complexity index is 531. The van der Waals surface area contributed by atoms with E-state index in [2.05, 4.69) is 75.0 Å². The number of nitrogens with zero attached hydrogens (tertiary/aromatic N) is 7. The second kappa shape index (κ2) is 13.6. The zero-order valence-corrected chi connectivity index (χ0v) is 23.2. The van der Waals surface area contributed by atoms with Crippen LogP contribution in [0.2, 0.25) is 0 Å².